The standard InChI is InChI=1S/C9H10N2O4/c12-8(13)3-4-10-9(14)7-2-1-5-11(15)6-7/h1-2,5-6H,3-4H2,(H,10,14)(H,12,13). The third-order valence-electron chi connectivity index (χ3n) is 1.66. The molecule has 6 heteroatoms. The third-order valence-corrected chi connectivity index (χ3v) is 1.66. The van der Waals surface area contributed by atoms with Gasteiger partial charge in [0, 0.05) is 12.6 Å². The first-order chi connectivity index (χ1) is 7.09. The Morgan fingerprint density at radius 1 is 1.53 bits per heavy atom. The van der Waals surface area contributed by atoms with Crippen LogP contribution >= 0.6 is 0 Å². The van der Waals surface area contributed by atoms with Crippen LogP contribution in [0.3, 0.4) is 0 Å². The molecule has 6 nitrogen and oxygen atoms in total. The maximum Gasteiger partial charge on any atom is 0.305 e. The highest BCUT2D eigenvalue weighted by Gasteiger charge is 2.08. The van der Waals surface area contributed by atoms with Gasteiger partial charge in [-0.25, -0.2) is 0 Å². The van der Waals surface area contributed by atoms with E-state index >= 15 is 0 Å². The molecule has 0 aromatic carbocycles. The van der Waals surface area contributed by atoms with Gasteiger partial charge in [0.25, 0.3) is 5.91 Å². The van der Waals surface area contributed by atoms with E-state index in [2.05, 4.69) is 5.32 Å². The SMILES string of the molecule is O=C(O)CCNC(=O)c1ccc[n+]([O-])c1. The molecule has 0 unspecified atom stereocenters. The van der Waals surface area contributed by atoms with Crippen LogP contribution in [0.1, 0.15) is 16.8 Å². The lowest BCUT2D eigenvalue weighted by atomic mass is 10.2. The fourth-order valence-electron chi connectivity index (χ4n) is 0.974. The number of nitrogens with one attached hydrogen (secondary N) is 1. The number of carboxylic acids is 1. The molecule has 15 heavy (non-hydrogen) atoms. The number of nitrogens with zero attached hydrogens (tertiary/aromatic N) is 1. The van der Waals surface area contributed by atoms with Crippen molar-refractivity contribution in [3.8, 4) is 0 Å². The van der Waals surface area contributed by atoms with Crippen LogP contribution in [0.5, 0.6) is 0 Å². The Morgan fingerprint density at radius 3 is 2.87 bits per heavy atom. The van der Waals surface area contributed by atoms with Crippen LogP contribution in [0, 0.1) is 5.21 Å². The second kappa shape index (κ2) is 4.94. The van der Waals surface area contributed by atoms with E-state index in [9.17, 15) is 14.8 Å². The highest BCUT2D eigenvalue weighted by Crippen LogP contribution is 1.93. The van der Waals surface area contributed by atoms with Crippen molar-refractivity contribution in [2.75, 3.05) is 6.54 Å². The molecule has 0 spiro atoms. The zero-order valence-corrected chi connectivity index (χ0v) is 7.84. The molecule has 0 atom stereocenters. The minimum Gasteiger partial charge on any atom is -0.619 e. The molecule has 0 bridgehead atoms. The van der Waals surface area contributed by atoms with Gasteiger partial charge >= 0.3 is 5.97 Å². The van der Waals surface area contributed by atoms with E-state index in [0.29, 0.717) is 4.73 Å². The van der Waals surface area contributed by atoms with E-state index in [1.54, 1.807) is 0 Å². The monoisotopic (exact) mass is 210 g/mol. The lowest BCUT2D eigenvalue weighted by Gasteiger charge is -2.02. The van der Waals surface area contributed by atoms with Gasteiger partial charge in [-0.15, -0.1) is 0 Å². The lowest BCUT2D eigenvalue weighted by Crippen LogP contribution is -2.30. The Balaban J connectivity index is 2.50. The first-order valence-electron chi connectivity index (χ1n) is 4.28. The van der Waals surface area contributed by atoms with Gasteiger partial charge in [-0.2, -0.15) is 4.73 Å². The number of hydrogen-bond donors (Lipinski definition) is 2. The van der Waals surface area contributed by atoms with Crippen molar-refractivity contribution in [2.45, 2.75) is 6.42 Å². The van der Waals surface area contributed by atoms with Gasteiger partial charge < -0.3 is 15.6 Å². The van der Waals surface area contributed by atoms with Gasteiger partial charge in [-0.1, -0.05) is 0 Å². The van der Waals surface area contributed by atoms with E-state index in [-0.39, 0.29) is 18.5 Å². The summed E-state index contributed by atoms with van der Waals surface area (Å²) < 4.78 is 0.506. The van der Waals surface area contributed by atoms with Crippen molar-refractivity contribution in [3.05, 3.63) is 35.3 Å². The van der Waals surface area contributed by atoms with Crippen LogP contribution in [0.25, 0.3) is 0 Å². The van der Waals surface area contributed by atoms with Crippen LogP contribution in [0.4, 0.5) is 0 Å². The second-order valence-corrected chi connectivity index (χ2v) is 2.85. The summed E-state index contributed by atoms with van der Waals surface area (Å²) in [6.07, 6.45) is 2.24. The van der Waals surface area contributed by atoms with Crippen LogP contribution in [0.15, 0.2) is 24.5 Å². The molecule has 0 radical (unpaired) electrons. The van der Waals surface area contributed by atoms with Gasteiger partial charge in [0.15, 0.2) is 12.4 Å². The van der Waals surface area contributed by atoms with Crippen LogP contribution in [-0.2, 0) is 4.79 Å². The number of carboxylic acid groups (broad SMARTS) is 1. The summed E-state index contributed by atoms with van der Waals surface area (Å²) in [6.45, 7) is 0.0436. The Labute approximate surface area is 85.7 Å². The average Bonchev–Trinajstić information content (AvgIpc) is 2.17. The molecule has 1 amide bonds. The number of carbonyl (C=O) groups is 2. The lowest BCUT2D eigenvalue weighted by molar-refractivity contribution is -0.605. The number of aromatic nitrogens is 1. The van der Waals surface area contributed by atoms with Gasteiger partial charge in [-0.3, -0.25) is 9.59 Å². The van der Waals surface area contributed by atoms with Gasteiger partial charge in [0.2, 0.25) is 0 Å². The molecular weight excluding hydrogens is 200 g/mol. The van der Waals surface area contributed by atoms with Crippen molar-refractivity contribution >= 4 is 11.9 Å². The van der Waals surface area contributed by atoms with E-state index in [0.717, 1.165) is 6.20 Å². The fourth-order valence-corrected chi connectivity index (χ4v) is 0.974. The van der Waals surface area contributed by atoms with Crippen LogP contribution in [-0.4, -0.2) is 23.5 Å². The minimum absolute atomic E-state index is 0.0436. The zero-order valence-electron chi connectivity index (χ0n) is 7.84. The highest BCUT2D eigenvalue weighted by atomic mass is 16.5. The molecule has 0 aliphatic rings. The first-order valence-corrected chi connectivity index (χ1v) is 4.28. The fraction of sp³-hybridized carbons (Fsp3) is 0.222. The number of rotatable bonds is 4. The molecule has 1 heterocycles. The Bertz CT molecular complexity index is 378. The quantitative estimate of drug-likeness (QED) is 0.518. The van der Waals surface area contributed by atoms with Crippen LogP contribution < -0.4 is 10.0 Å². The number of pyridine rings is 1. The molecule has 0 fully saturated rings. The number of hydrogen-bond acceptors (Lipinski definition) is 3. The summed E-state index contributed by atoms with van der Waals surface area (Å²) in [5, 5.41) is 21.5. The molecule has 0 aliphatic heterocycles. The Morgan fingerprint density at radius 2 is 2.27 bits per heavy atom. The van der Waals surface area contributed by atoms with Gasteiger partial charge in [0.1, 0.15) is 5.56 Å². The maximum atomic E-state index is 11.3. The Kier molecular flexibility index (Phi) is 3.61. The summed E-state index contributed by atoms with van der Waals surface area (Å²) in [4.78, 5) is 21.5. The summed E-state index contributed by atoms with van der Waals surface area (Å²) in [5.74, 6) is -1.44. The van der Waals surface area contributed by atoms with E-state index in [1.807, 2.05) is 0 Å². The predicted octanol–water partition coefficient (Wildman–Crippen LogP) is -0.476. The molecule has 0 saturated carbocycles. The molecule has 1 aromatic rings. The zero-order chi connectivity index (χ0) is 11.3. The predicted molar refractivity (Wildman–Crippen MR) is 50.0 cm³/mol. The summed E-state index contributed by atoms with van der Waals surface area (Å²) in [5.41, 5.74) is 0.206. The van der Waals surface area contributed by atoms with E-state index in [1.165, 1.54) is 18.3 Å². The number of aliphatic carboxylic acids is 1. The van der Waals surface area contributed by atoms with Gasteiger partial charge in [0.05, 0.1) is 6.42 Å². The smallest absolute Gasteiger partial charge is 0.305 e. The molecule has 0 saturated heterocycles. The highest BCUT2D eigenvalue weighted by molar-refractivity contribution is 5.93. The summed E-state index contributed by atoms with van der Waals surface area (Å²) in [6, 6.07) is 2.92. The van der Waals surface area contributed by atoms with E-state index in [4.69, 9.17) is 5.11 Å². The normalized spacial score (nSPS) is 9.60. The van der Waals surface area contributed by atoms with Crippen molar-refractivity contribution < 1.29 is 19.4 Å². The van der Waals surface area contributed by atoms with Crippen molar-refractivity contribution in [2.24, 2.45) is 0 Å². The number of amides is 1. The maximum absolute atomic E-state index is 11.3. The molecule has 0 aliphatic carbocycles. The number of carbonyl (C=O) groups excluding carboxylic acids is 1. The molecule has 1 aromatic heterocycles. The first kappa shape index (κ1) is 11.0. The van der Waals surface area contributed by atoms with Crippen molar-refractivity contribution in [3.63, 3.8) is 0 Å². The third kappa shape index (κ3) is 3.63. The molecule has 2 N–H and O–H groups in total. The van der Waals surface area contributed by atoms with Gasteiger partial charge in [-0.05, 0) is 6.07 Å². The summed E-state index contributed by atoms with van der Waals surface area (Å²) in [7, 11) is 0. The van der Waals surface area contributed by atoms with Crippen molar-refractivity contribution in [1.82, 2.24) is 5.32 Å². The van der Waals surface area contributed by atoms with E-state index < -0.39 is 11.9 Å². The topological polar surface area (TPSA) is 93.3 Å². The average molecular weight is 210 g/mol. The molecular formula is C9H10N2O4. The molecule has 1 rings (SSSR count). The van der Waals surface area contributed by atoms with Crippen LogP contribution in [0.2, 0.25) is 0 Å². The molecule has 80 valence electrons. The second-order valence-electron chi connectivity index (χ2n) is 2.85. The van der Waals surface area contributed by atoms with Crippen molar-refractivity contribution in [1.29, 1.82) is 0 Å². The summed E-state index contributed by atoms with van der Waals surface area (Å²) >= 11 is 0. The Hall–Kier alpha value is -2.11. The largest absolute Gasteiger partial charge is 0.619 e. The minimum atomic E-state index is -0.984.